The predicted molar refractivity (Wildman–Crippen MR) is 63.1 cm³/mol. The van der Waals surface area contributed by atoms with E-state index in [4.69, 9.17) is 0 Å². The first-order valence-corrected chi connectivity index (χ1v) is 5.22. The van der Waals surface area contributed by atoms with Crippen LogP contribution in [-0.4, -0.2) is 24.1 Å². The summed E-state index contributed by atoms with van der Waals surface area (Å²) in [6, 6.07) is 4.95. The lowest BCUT2D eigenvalue weighted by atomic mass is 10.1. The average molecular weight is 232 g/mol. The van der Waals surface area contributed by atoms with Gasteiger partial charge in [0.25, 0.3) is 0 Å². The molecule has 1 N–H and O–H groups in total. The Morgan fingerprint density at radius 2 is 2.00 bits per heavy atom. The Morgan fingerprint density at radius 3 is 2.59 bits per heavy atom. The largest absolute Gasteiger partial charge is 0.326 e. The number of benzene rings is 1. The molecular weight excluding hydrogens is 220 g/mol. The van der Waals surface area contributed by atoms with Crippen LogP contribution in [0.1, 0.15) is 24.2 Å². The Balaban J connectivity index is 2.40. The zero-order chi connectivity index (χ0) is 12.6. The molecule has 5 nitrogen and oxygen atoms in total. The third kappa shape index (κ3) is 2.04. The van der Waals surface area contributed by atoms with E-state index in [-0.39, 0.29) is 24.1 Å². The monoisotopic (exact) mass is 232 g/mol. The summed E-state index contributed by atoms with van der Waals surface area (Å²) < 4.78 is 0. The van der Waals surface area contributed by atoms with Crippen LogP contribution in [0.5, 0.6) is 0 Å². The van der Waals surface area contributed by atoms with Gasteiger partial charge in [-0.15, -0.1) is 0 Å². The van der Waals surface area contributed by atoms with Gasteiger partial charge in [0.05, 0.1) is 12.2 Å². The number of ketones is 1. The van der Waals surface area contributed by atoms with Crippen molar-refractivity contribution in [3.63, 3.8) is 0 Å². The molecule has 2 amide bonds. The van der Waals surface area contributed by atoms with Crippen LogP contribution in [0.2, 0.25) is 0 Å². The van der Waals surface area contributed by atoms with Gasteiger partial charge in [-0.25, -0.2) is 0 Å². The lowest BCUT2D eigenvalue weighted by Crippen LogP contribution is -2.27. The average Bonchev–Trinajstić information content (AvgIpc) is 2.55. The van der Waals surface area contributed by atoms with Gasteiger partial charge in [0.2, 0.25) is 11.8 Å². The molecule has 88 valence electrons. The van der Waals surface area contributed by atoms with Gasteiger partial charge in [-0.1, -0.05) is 0 Å². The van der Waals surface area contributed by atoms with Crippen molar-refractivity contribution in [2.24, 2.45) is 0 Å². The maximum Gasteiger partial charge on any atom is 0.224 e. The highest BCUT2D eigenvalue weighted by Gasteiger charge is 2.29. The predicted octanol–water partition coefficient (Wildman–Crippen LogP) is 1.19. The highest BCUT2D eigenvalue weighted by atomic mass is 16.2. The van der Waals surface area contributed by atoms with E-state index in [0.717, 1.165) is 0 Å². The molecule has 0 aliphatic carbocycles. The minimum Gasteiger partial charge on any atom is -0.326 e. The standard InChI is InChI=1S/C12H12N2O3/c1-7(15)13-9-3-4-11-10(5-9)12(17)6-14(11)8(2)16/h3-5H,6H2,1-2H3,(H,13,15). The van der Waals surface area contributed by atoms with Crippen molar-refractivity contribution in [3.05, 3.63) is 23.8 Å². The molecule has 0 atom stereocenters. The zero-order valence-electron chi connectivity index (χ0n) is 9.61. The van der Waals surface area contributed by atoms with Crippen LogP contribution >= 0.6 is 0 Å². The molecule has 1 aliphatic rings. The van der Waals surface area contributed by atoms with Gasteiger partial charge in [0, 0.05) is 25.1 Å². The van der Waals surface area contributed by atoms with Gasteiger partial charge in [-0.3, -0.25) is 14.4 Å². The van der Waals surface area contributed by atoms with Crippen LogP contribution in [-0.2, 0) is 9.59 Å². The van der Waals surface area contributed by atoms with E-state index in [1.54, 1.807) is 18.2 Å². The highest BCUT2D eigenvalue weighted by molar-refractivity contribution is 6.15. The summed E-state index contributed by atoms with van der Waals surface area (Å²) in [4.78, 5) is 35.4. The fraction of sp³-hybridized carbons (Fsp3) is 0.250. The SMILES string of the molecule is CC(=O)Nc1ccc2c(c1)C(=O)CN2C(C)=O. The molecule has 2 rings (SSSR count). The van der Waals surface area contributed by atoms with Gasteiger partial charge in [0.1, 0.15) is 0 Å². The third-order valence-electron chi connectivity index (χ3n) is 2.59. The lowest BCUT2D eigenvalue weighted by molar-refractivity contribution is -0.116. The van der Waals surface area contributed by atoms with E-state index < -0.39 is 0 Å². The molecule has 0 saturated carbocycles. The van der Waals surface area contributed by atoms with Gasteiger partial charge in [0.15, 0.2) is 5.78 Å². The summed E-state index contributed by atoms with van der Waals surface area (Å²) in [5.41, 5.74) is 1.65. The van der Waals surface area contributed by atoms with Crippen molar-refractivity contribution in [1.82, 2.24) is 0 Å². The summed E-state index contributed by atoms with van der Waals surface area (Å²) in [5, 5.41) is 2.60. The second kappa shape index (κ2) is 4.01. The number of carbonyl (C=O) groups excluding carboxylic acids is 3. The van der Waals surface area contributed by atoms with Crippen LogP contribution in [0.25, 0.3) is 0 Å². The maximum atomic E-state index is 11.7. The van der Waals surface area contributed by atoms with Gasteiger partial charge in [-0.2, -0.15) is 0 Å². The van der Waals surface area contributed by atoms with E-state index in [1.807, 2.05) is 0 Å². The zero-order valence-corrected chi connectivity index (χ0v) is 9.61. The Bertz CT molecular complexity index is 522. The highest BCUT2D eigenvalue weighted by Crippen LogP contribution is 2.30. The van der Waals surface area contributed by atoms with E-state index >= 15 is 0 Å². The first-order valence-electron chi connectivity index (χ1n) is 5.22. The molecule has 1 aromatic carbocycles. The normalized spacial score (nSPS) is 13.5. The smallest absolute Gasteiger partial charge is 0.224 e. The molecule has 17 heavy (non-hydrogen) atoms. The fourth-order valence-electron chi connectivity index (χ4n) is 1.87. The quantitative estimate of drug-likeness (QED) is 0.791. The van der Waals surface area contributed by atoms with Gasteiger partial charge >= 0.3 is 0 Å². The number of fused-ring (bicyclic) bond motifs is 1. The number of hydrogen-bond acceptors (Lipinski definition) is 3. The molecule has 0 aromatic heterocycles. The minimum atomic E-state index is -0.196. The summed E-state index contributed by atoms with van der Waals surface area (Å²) in [6.45, 7) is 2.90. The number of nitrogens with zero attached hydrogens (tertiary/aromatic N) is 1. The third-order valence-corrected chi connectivity index (χ3v) is 2.59. The minimum absolute atomic E-state index is 0.0776. The molecule has 0 spiro atoms. The van der Waals surface area contributed by atoms with Crippen LogP contribution < -0.4 is 10.2 Å². The summed E-state index contributed by atoms with van der Waals surface area (Å²) >= 11 is 0. The fourth-order valence-corrected chi connectivity index (χ4v) is 1.87. The topological polar surface area (TPSA) is 66.5 Å². The Morgan fingerprint density at radius 1 is 1.29 bits per heavy atom. The molecular formula is C12H12N2O3. The summed E-state index contributed by atoms with van der Waals surface area (Å²) in [5.74, 6) is -0.467. The maximum absolute atomic E-state index is 11.7. The summed E-state index contributed by atoms with van der Waals surface area (Å²) in [7, 11) is 0. The van der Waals surface area contributed by atoms with Crippen LogP contribution in [0.4, 0.5) is 11.4 Å². The lowest BCUT2D eigenvalue weighted by Gasteiger charge is -2.13. The van der Waals surface area contributed by atoms with Crippen molar-refractivity contribution in [2.75, 3.05) is 16.8 Å². The summed E-state index contributed by atoms with van der Waals surface area (Å²) in [6.07, 6.45) is 0. The van der Waals surface area contributed by atoms with Crippen molar-refractivity contribution in [2.45, 2.75) is 13.8 Å². The van der Waals surface area contributed by atoms with Crippen molar-refractivity contribution in [1.29, 1.82) is 0 Å². The van der Waals surface area contributed by atoms with E-state index in [1.165, 1.54) is 18.7 Å². The molecule has 0 bridgehead atoms. The number of amides is 2. The molecule has 5 heteroatoms. The number of hydrogen-bond donors (Lipinski definition) is 1. The van der Waals surface area contributed by atoms with E-state index in [0.29, 0.717) is 16.9 Å². The number of anilines is 2. The number of rotatable bonds is 1. The Kier molecular flexibility index (Phi) is 2.67. The van der Waals surface area contributed by atoms with E-state index in [9.17, 15) is 14.4 Å². The number of Topliss-reactive ketones (excluding diaryl/α,β-unsaturated/α-hetero) is 1. The molecule has 1 aromatic rings. The molecule has 0 radical (unpaired) electrons. The van der Waals surface area contributed by atoms with Crippen molar-refractivity contribution in [3.8, 4) is 0 Å². The molecule has 0 unspecified atom stereocenters. The molecule has 1 heterocycles. The number of carbonyl (C=O) groups is 3. The molecule has 0 fully saturated rings. The Labute approximate surface area is 98.4 Å². The second-order valence-electron chi connectivity index (χ2n) is 3.94. The molecule has 0 saturated heterocycles. The van der Waals surface area contributed by atoms with Crippen LogP contribution in [0.3, 0.4) is 0 Å². The Hall–Kier alpha value is -2.17. The van der Waals surface area contributed by atoms with Crippen molar-refractivity contribution < 1.29 is 14.4 Å². The second-order valence-corrected chi connectivity index (χ2v) is 3.94. The first kappa shape index (κ1) is 11.3. The van der Waals surface area contributed by atoms with E-state index in [2.05, 4.69) is 5.32 Å². The van der Waals surface area contributed by atoms with Crippen molar-refractivity contribution >= 4 is 29.0 Å². The first-order chi connectivity index (χ1) is 7.99. The number of nitrogens with one attached hydrogen (secondary N) is 1. The molecule has 1 aliphatic heterocycles. The van der Waals surface area contributed by atoms with Gasteiger partial charge < -0.3 is 10.2 Å². The van der Waals surface area contributed by atoms with Gasteiger partial charge in [-0.05, 0) is 18.2 Å². The van der Waals surface area contributed by atoms with Crippen LogP contribution in [0, 0.1) is 0 Å². The van der Waals surface area contributed by atoms with Crippen LogP contribution in [0.15, 0.2) is 18.2 Å².